The molecule has 0 aromatic carbocycles. The third-order valence-corrected chi connectivity index (χ3v) is 1.31. The highest BCUT2D eigenvalue weighted by molar-refractivity contribution is 5.99. The standard InChI is InChI=1S/C11H20N2O4/c1-10(2,3)16-8(14)13(7-12)9(15)17-11(4,5)6/h7,12H,1-6H3. The van der Waals surface area contributed by atoms with Crippen LogP contribution in [0.5, 0.6) is 0 Å². The molecule has 0 heterocycles. The maximum atomic E-state index is 11.6. The summed E-state index contributed by atoms with van der Waals surface area (Å²) in [5.74, 6) is 0. The lowest BCUT2D eigenvalue weighted by molar-refractivity contribution is 0.0155. The summed E-state index contributed by atoms with van der Waals surface area (Å²) in [6, 6.07) is 0. The van der Waals surface area contributed by atoms with Crippen molar-refractivity contribution in [3.8, 4) is 0 Å². The first-order valence-electron chi connectivity index (χ1n) is 5.22. The van der Waals surface area contributed by atoms with Crippen molar-refractivity contribution in [1.29, 1.82) is 5.41 Å². The monoisotopic (exact) mass is 244 g/mol. The lowest BCUT2D eigenvalue weighted by Gasteiger charge is -2.26. The van der Waals surface area contributed by atoms with Gasteiger partial charge in [0.25, 0.3) is 0 Å². The molecule has 0 saturated heterocycles. The van der Waals surface area contributed by atoms with E-state index in [1.54, 1.807) is 41.5 Å². The molecule has 0 aromatic heterocycles. The minimum absolute atomic E-state index is 0.483. The maximum absolute atomic E-state index is 11.6. The fraction of sp³-hybridized carbons (Fsp3) is 0.727. The first-order valence-corrected chi connectivity index (χ1v) is 5.22. The Morgan fingerprint density at radius 2 is 1.24 bits per heavy atom. The Morgan fingerprint density at radius 1 is 0.941 bits per heavy atom. The molecular weight excluding hydrogens is 224 g/mol. The van der Waals surface area contributed by atoms with Gasteiger partial charge in [0.1, 0.15) is 17.5 Å². The third-order valence-electron chi connectivity index (χ3n) is 1.31. The van der Waals surface area contributed by atoms with Gasteiger partial charge in [0.05, 0.1) is 0 Å². The third kappa shape index (κ3) is 6.55. The van der Waals surface area contributed by atoms with Crippen LogP contribution in [0.4, 0.5) is 9.59 Å². The van der Waals surface area contributed by atoms with E-state index in [9.17, 15) is 9.59 Å². The largest absolute Gasteiger partial charge is 0.443 e. The molecule has 1 N–H and O–H groups in total. The molecule has 0 fully saturated rings. The molecule has 0 rings (SSSR count). The normalized spacial score (nSPS) is 11.6. The van der Waals surface area contributed by atoms with Gasteiger partial charge >= 0.3 is 12.2 Å². The zero-order valence-electron chi connectivity index (χ0n) is 11.2. The van der Waals surface area contributed by atoms with Crippen molar-refractivity contribution in [2.45, 2.75) is 52.7 Å². The molecule has 0 aromatic rings. The van der Waals surface area contributed by atoms with Gasteiger partial charge in [-0.2, -0.15) is 4.90 Å². The zero-order valence-corrected chi connectivity index (χ0v) is 11.2. The number of carbonyl (C=O) groups excluding carboxylic acids is 2. The Kier molecular flexibility index (Phi) is 4.68. The maximum Gasteiger partial charge on any atom is 0.425 e. The Morgan fingerprint density at radius 3 is 1.41 bits per heavy atom. The van der Waals surface area contributed by atoms with Gasteiger partial charge in [-0.15, -0.1) is 0 Å². The van der Waals surface area contributed by atoms with E-state index in [1.807, 2.05) is 0 Å². The van der Waals surface area contributed by atoms with Crippen LogP contribution in [-0.2, 0) is 9.47 Å². The zero-order chi connectivity index (χ0) is 13.9. The molecule has 17 heavy (non-hydrogen) atoms. The first kappa shape index (κ1) is 15.4. The number of ether oxygens (including phenoxy) is 2. The highest BCUT2D eigenvalue weighted by Gasteiger charge is 2.29. The molecule has 0 aliphatic heterocycles. The van der Waals surface area contributed by atoms with Crippen molar-refractivity contribution in [3.05, 3.63) is 0 Å². The topological polar surface area (TPSA) is 79.7 Å². The second kappa shape index (κ2) is 5.16. The highest BCUT2D eigenvalue weighted by Crippen LogP contribution is 2.13. The molecule has 0 spiro atoms. The van der Waals surface area contributed by atoms with E-state index in [0.29, 0.717) is 11.2 Å². The van der Waals surface area contributed by atoms with Crippen LogP contribution in [0.1, 0.15) is 41.5 Å². The molecule has 6 nitrogen and oxygen atoms in total. The fourth-order valence-corrected chi connectivity index (χ4v) is 0.802. The lowest BCUT2D eigenvalue weighted by atomic mass is 10.2. The Balaban J connectivity index is 4.68. The van der Waals surface area contributed by atoms with Crippen LogP contribution in [0.3, 0.4) is 0 Å². The predicted molar refractivity (Wildman–Crippen MR) is 63.1 cm³/mol. The van der Waals surface area contributed by atoms with Gasteiger partial charge in [-0.25, -0.2) is 9.59 Å². The molecule has 0 saturated carbocycles. The van der Waals surface area contributed by atoms with Crippen molar-refractivity contribution < 1.29 is 19.1 Å². The molecule has 2 amide bonds. The number of hydrogen-bond donors (Lipinski definition) is 1. The summed E-state index contributed by atoms with van der Waals surface area (Å²) in [7, 11) is 0. The number of amides is 2. The molecule has 0 bridgehead atoms. The molecule has 6 heteroatoms. The van der Waals surface area contributed by atoms with E-state index in [-0.39, 0.29) is 0 Å². The van der Waals surface area contributed by atoms with Gasteiger partial charge < -0.3 is 9.47 Å². The number of carbonyl (C=O) groups is 2. The average molecular weight is 244 g/mol. The number of nitrogens with zero attached hydrogens (tertiary/aromatic N) is 1. The van der Waals surface area contributed by atoms with Crippen molar-refractivity contribution in [1.82, 2.24) is 4.90 Å². The molecule has 98 valence electrons. The summed E-state index contributed by atoms with van der Waals surface area (Å²) < 4.78 is 9.92. The molecule has 0 unspecified atom stereocenters. The summed E-state index contributed by atoms with van der Waals surface area (Å²) in [4.78, 5) is 23.6. The van der Waals surface area contributed by atoms with Gasteiger partial charge in [-0.3, -0.25) is 5.41 Å². The number of nitrogens with one attached hydrogen (secondary N) is 1. The molecule has 0 aliphatic carbocycles. The lowest BCUT2D eigenvalue weighted by Crippen LogP contribution is -2.42. The smallest absolute Gasteiger partial charge is 0.425 e. The molecule has 0 aliphatic rings. The molecule has 0 radical (unpaired) electrons. The minimum atomic E-state index is -0.929. The van der Waals surface area contributed by atoms with Gasteiger partial charge in [-0.05, 0) is 41.5 Å². The van der Waals surface area contributed by atoms with Crippen molar-refractivity contribution in [2.24, 2.45) is 0 Å². The van der Waals surface area contributed by atoms with E-state index in [2.05, 4.69) is 0 Å². The van der Waals surface area contributed by atoms with Crippen molar-refractivity contribution in [2.75, 3.05) is 0 Å². The number of hydrogen-bond acceptors (Lipinski definition) is 5. The van der Waals surface area contributed by atoms with Crippen LogP contribution in [-0.4, -0.2) is 34.6 Å². The van der Waals surface area contributed by atoms with Crippen LogP contribution < -0.4 is 0 Å². The van der Waals surface area contributed by atoms with E-state index in [1.165, 1.54) is 0 Å². The van der Waals surface area contributed by atoms with Crippen LogP contribution in [0, 0.1) is 5.41 Å². The summed E-state index contributed by atoms with van der Waals surface area (Å²) >= 11 is 0. The first-order chi connectivity index (χ1) is 7.46. The van der Waals surface area contributed by atoms with E-state index < -0.39 is 23.4 Å². The quantitative estimate of drug-likeness (QED) is 0.568. The number of rotatable bonds is 1. The second-order valence-electron chi connectivity index (χ2n) is 5.46. The van der Waals surface area contributed by atoms with Crippen molar-refractivity contribution >= 4 is 18.5 Å². The summed E-state index contributed by atoms with van der Waals surface area (Å²) in [6.45, 7) is 10.0. The Bertz CT molecular complexity index is 284. The Labute approximate surface area is 101 Å². The summed E-state index contributed by atoms with van der Waals surface area (Å²) in [5.41, 5.74) is -1.47. The fourth-order valence-electron chi connectivity index (χ4n) is 0.802. The number of imide groups is 1. The van der Waals surface area contributed by atoms with E-state index in [0.717, 1.165) is 0 Å². The SMILES string of the molecule is CC(C)(C)OC(=O)N(C=N)C(=O)OC(C)(C)C. The summed E-state index contributed by atoms with van der Waals surface area (Å²) in [6.07, 6.45) is -1.29. The van der Waals surface area contributed by atoms with E-state index in [4.69, 9.17) is 14.9 Å². The minimum Gasteiger partial charge on any atom is -0.443 e. The predicted octanol–water partition coefficient (Wildman–Crippen LogP) is 2.77. The Hall–Kier alpha value is -1.59. The van der Waals surface area contributed by atoms with Crippen LogP contribution in [0.25, 0.3) is 0 Å². The van der Waals surface area contributed by atoms with Gasteiger partial charge in [0.15, 0.2) is 0 Å². The van der Waals surface area contributed by atoms with Crippen LogP contribution in [0.15, 0.2) is 0 Å². The molecule has 0 atom stereocenters. The van der Waals surface area contributed by atoms with Crippen LogP contribution >= 0.6 is 0 Å². The van der Waals surface area contributed by atoms with Crippen molar-refractivity contribution in [3.63, 3.8) is 0 Å². The average Bonchev–Trinajstić information content (AvgIpc) is 1.96. The summed E-state index contributed by atoms with van der Waals surface area (Å²) in [5, 5.41) is 7.04. The second-order valence-corrected chi connectivity index (χ2v) is 5.46. The van der Waals surface area contributed by atoms with Crippen LogP contribution in [0.2, 0.25) is 0 Å². The highest BCUT2D eigenvalue weighted by atomic mass is 16.6. The molecular formula is C11H20N2O4. The van der Waals surface area contributed by atoms with Gasteiger partial charge in [0, 0.05) is 0 Å². The van der Waals surface area contributed by atoms with Gasteiger partial charge in [0.2, 0.25) is 0 Å². The van der Waals surface area contributed by atoms with Gasteiger partial charge in [-0.1, -0.05) is 0 Å². The van der Waals surface area contributed by atoms with E-state index >= 15 is 0 Å².